The number of rotatable bonds is 10. The molecule has 0 saturated carbocycles. The van der Waals surface area contributed by atoms with Gasteiger partial charge in [-0.15, -0.1) is 215 Å². The molecule has 0 N–H and O–H groups in total. The van der Waals surface area contributed by atoms with Crippen LogP contribution in [0.1, 0.15) is 45.8 Å². The number of hydrogen-bond acceptors (Lipinski definition) is 9. The molecule has 9 heterocycles. The van der Waals surface area contributed by atoms with Gasteiger partial charge in [-0.2, -0.15) is 0 Å². The first-order valence-corrected chi connectivity index (χ1v) is 38.1. The molecule has 0 spiro atoms. The van der Waals surface area contributed by atoms with E-state index in [2.05, 4.69) is 141 Å². The Morgan fingerprint density at radius 1 is 0.292 bits per heavy atom. The molecule has 0 fully saturated rings. The van der Waals surface area contributed by atoms with Gasteiger partial charge in [0.15, 0.2) is 0 Å². The first kappa shape index (κ1) is 74.4. The van der Waals surface area contributed by atoms with E-state index in [1.807, 2.05) is 256 Å². The molecule has 3 radical (unpaired) electrons. The predicted molar refractivity (Wildman–Crippen MR) is 478 cm³/mol. The van der Waals surface area contributed by atoms with E-state index in [9.17, 15) is 0 Å². The Labute approximate surface area is 751 Å². The molecule has 21 rings (SSSR count). The summed E-state index contributed by atoms with van der Waals surface area (Å²) in [7, 11) is 0. The molecule has 21 aromatic rings. The number of para-hydroxylation sites is 6. The van der Waals surface area contributed by atoms with Crippen LogP contribution < -0.4 is 0 Å². The normalized spacial score (nSPS) is 11.9. The summed E-state index contributed by atoms with van der Waals surface area (Å²) in [4.78, 5) is 26.6. The van der Waals surface area contributed by atoms with Gasteiger partial charge in [0.2, 0.25) is 0 Å². The second-order valence-electron chi connectivity index (χ2n) is 27.3. The van der Waals surface area contributed by atoms with Crippen LogP contribution in [0, 0.1) is 64.0 Å². The Kier molecular flexibility index (Phi) is 25.3. The third-order valence-electron chi connectivity index (χ3n) is 19.6. The molecule has 12 heteroatoms. The predicted octanol–water partition coefficient (Wildman–Crippen LogP) is 27.8. The molecule has 0 amide bonds. The molecule has 9 aromatic heterocycles. The van der Waals surface area contributed by atoms with Crippen molar-refractivity contribution in [3.05, 3.63) is 435 Å². The summed E-state index contributed by atoms with van der Waals surface area (Å²) in [5.41, 5.74) is 24.5. The van der Waals surface area contributed by atoms with Gasteiger partial charge in [0, 0.05) is 174 Å². The summed E-state index contributed by atoms with van der Waals surface area (Å²) in [6, 6.07) is 128. The Hall–Kier alpha value is -13.1. The second kappa shape index (κ2) is 40.8. The minimum Gasteiger partial charge on any atom is -0.455 e. The zero-order valence-electron chi connectivity index (χ0n) is 73.1. The van der Waals surface area contributed by atoms with Gasteiger partial charge < -0.3 is 43.2 Å². The minimum atomic E-state index is -2.87. The van der Waals surface area contributed by atoms with Crippen molar-refractivity contribution in [3.63, 3.8) is 0 Å². The van der Waals surface area contributed by atoms with Crippen LogP contribution in [-0.4, -0.2) is 29.9 Å². The number of aryl methyl sites for hydroxylation is 5. The molecular formula is C108H78Ir3N6O3-6. The van der Waals surface area contributed by atoms with E-state index in [0.29, 0.717) is 33.6 Å². The summed E-state index contributed by atoms with van der Waals surface area (Å²) < 4.78 is 80.8. The number of hydrogen-bond donors (Lipinski definition) is 0. The van der Waals surface area contributed by atoms with Gasteiger partial charge in [-0.25, -0.2) is 0 Å². The largest absolute Gasteiger partial charge is 0.455 e. The summed E-state index contributed by atoms with van der Waals surface area (Å²) in [5, 5.41) is 6.37. The summed E-state index contributed by atoms with van der Waals surface area (Å²) in [5.74, 6) is 0. The first-order chi connectivity index (χ1) is 60.8. The van der Waals surface area contributed by atoms with Crippen LogP contribution in [0.5, 0.6) is 0 Å². The number of benzene rings is 12. The van der Waals surface area contributed by atoms with Crippen molar-refractivity contribution in [2.75, 3.05) is 0 Å². The van der Waals surface area contributed by atoms with Gasteiger partial charge >= 0.3 is 0 Å². The molecule has 120 heavy (non-hydrogen) atoms. The molecular weight excluding hydrogens is 2010 g/mol. The fourth-order valence-corrected chi connectivity index (χ4v) is 13.9. The summed E-state index contributed by atoms with van der Waals surface area (Å²) in [6.07, 6.45) is 5.97. The quantitative estimate of drug-likeness (QED) is 0.123. The summed E-state index contributed by atoms with van der Waals surface area (Å²) in [6.45, 7) is 1.26. The van der Waals surface area contributed by atoms with E-state index < -0.39 is 20.1 Å². The number of aromatic nitrogens is 6. The SMILES string of the molecule is Cc1cc(-c2[c-]cccc2)ncc1-c1cccc2c1oc1ccccc12.Cc1cc(-c2[c-]cccc2)ncc1-c1cccc2c1oc1ccccc12.Cc1cccc(-c2[c-]cccc2)n1.[2H]C([2H])([2H])C([2H])([2H])c1cc(-c2[c-]cccc2)ncc1-c1cccc2c1oc1ccccc12.[2H]C([2H])([2H])c1ccc(-c2[c-]cccc2)nc1.[Ir].[Ir].[Ir].[c-]1ccccc1-c1ccccn1. The molecule has 0 atom stereocenters. The van der Waals surface area contributed by atoms with Crippen molar-refractivity contribution in [3.8, 4) is 101 Å². The van der Waals surface area contributed by atoms with Crippen LogP contribution in [0.3, 0.4) is 0 Å². The maximum atomic E-state index is 8.52. The van der Waals surface area contributed by atoms with E-state index in [0.717, 1.165) is 139 Å². The molecule has 591 valence electrons. The van der Waals surface area contributed by atoms with Crippen LogP contribution in [-0.2, 0) is 66.7 Å². The fourth-order valence-electron chi connectivity index (χ4n) is 13.9. The molecule has 0 aliphatic carbocycles. The number of furan rings is 3. The van der Waals surface area contributed by atoms with Gasteiger partial charge in [-0.05, 0) is 121 Å². The van der Waals surface area contributed by atoms with Crippen LogP contribution in [0.4, 0.5) is 0 Å². The fraction of sp³-hybridized carbons (Fsp3) is 0.0556. The smallest absolute Gasteiger partial charge is 0.143 e. The van der Waals surface area contributed by atoms with Crippen LogP contribution in [0.15, 0.2) is 384 Å². The van der Waals surface area contributed by atoms with E-state index in [1.165, 1.54) is 29.6 Å². The van der Waals surface area contributed by atoms with Crippen LogP contribution >= 0.6 is 0 Å². The van der Waals surface area contributed by atoms with E-state index >= 15 is 0 Å². The first-order valence-electron chi connectivity index (χ1n) is 42.1. The molecule has 9 nitrogen and oxygen atoms in total. The Morgan fingerprint density at radius 2 is 0.633 bits per heavy atom. The van der Waals surface area contributed by atoms with Crippen molar-refractivity contribution in [1.82, 2.24) is 29.9 Å². The maximum Gasteiger partial charge on any atom is 0.143 e. The van der Waals surface area contributed by atoms with Crippen molar-refractivity contribution >= 4 is 65.8 Å². The molecule has 0 aliphatic rings. The third-order valence-corrected chi connectivity index (χ3v) is 19.6. The average Bonchev–Trinajstić information content (AvgIpc) is 1.28. The average molecular weight is 2090 g/mol. The Balaban J connectivity index is 0.000000135. The molecule has 0 bridgehead atoms. The van der Waals surface area contributed by atoms with Crippen LogP contribution in [0.25, 0.3) is 167 Å². The molecule has 12 aromatic carbocycles. The number of nitrogens with zero attached hydrogens (tertiary/aromatic N) is 6. The van der Waals surface area contributed by atoms with Gasteiger partial charge in [-0.3, -0.25) is 0 Å². The number of fused-ring (bicyclic) bond motifs is 9. The van der Waals surface area contributed by atoms with E-state index in [-0.39, 0.29) is 71.4 Å². The van der Waals surface area contributed by atoms with E-state index in [1.54, 1.807) is 42.6 Å². The summed E-state index contributed by atoms with van der Waals surface area (Å²) >= 11 is 0. The van der Waals surface area contributed by atoms with Crippen molar-refractivity contribution in [2.45, 2.75) is 40.8 Å². The van der Waals surface area contributed by atoms with Crippen molar-refractivity contribution in [1.29, 1.82) is 0 Å². The second-order valence-corrected chi connectivity index (χ2v) is 27.3. The minimum absolute atomic E-state index is 0. The van der Waals surface area contributed by atoms with Crippen molar-refractivity contribution in [2.24, 2.45) is 0 Å². The molecule has 0 saturated heterocycles. The van der Waals surface area contributed by atoms with Gasteiger partial charge in [0.1, 0.15) is 33.5 Å². The monoisotopic (exact) mass is 2090 g/mol. The van der Waals surface area contributed by atoms with Crippen molar-refractivity contribution < 1.29 is 84.5 Å². The molecule has 0 aliphatic heterocycles. The van der Waals surface area contributed by atoms with Gasteiger partial charge in [0.25, 0.3) is 0 Å². The van der Waals surface area contributed by atoms with Crippen LogP contribution in [0.2, 0.25) is 0 Å². The third kappa shape index (κ3) is 19.8. The van der Waals surface area contributed by atoms with Gasteiger partial charge in [-0.1, -0.05) is 171 Å². The van der Waals surface area contributed by atoms with Gasteiger partial charge in [0.05, 0.1) is 0 Å². The Morgan fingerprint density at radius 3 is 1.00 bits per heavy atom. The zero-order valence-corrected chi connectivity index (χ0v) is 72.3. The standard InChI is InChI=1S/C25H18NO.2C24H16NO.2C12H10N.C11H8N.3Ir/c1-2-17-15-23(18-9-4-3-5-10-18)26-16-22(17)21-13-8-12-20-19-11-6-7-14-24(19)27-25(20)21;2*1-16-14-22(17-8-3-2-4-9-17)25-15-21(16)20-12-7-11-19-18-10-5-6-13-23(18)26-24(19)20;1-10-6-5-9-12(13-10)11-7-3-2-4-8-11;1-10-7-8-12(13-9-10)11-5-3-2-4-6-11;1-2-6-10(7-3-1)11-8-4-5-9-12-11;;;/h3-9,11-16H,2H2,1H3;2*2-8,10-15H,1H3;2-7,9H,1H3;2-5,7-9H,1H3;1-6,8-9H;;;/q6*-1;;;/i1D3,2D2;;;;1D3;;;;. The zero-order chi connectivity index (χ0) is 86.4. The molecule has 0 unspecified atom stereocenters. The maximum absolute atomic E-state index is 8.52. The topological polar surface area (TPSA) is 117 Å². The Bertz CT molecular complexity index is 7030. The van der Waals surface area contributed by atoms with E-state index in [4.69, 9.17) is 24.2 Å². The number of pyridine rings is 6.